The minimum atomic E-state index is 0.0104. The Kier molecular flexibility index (Phi) is 7.46. The minimum absolute atomic E-state index is 0.0104. The van der Waals surface area contributed by atoms with Gasteiger partial charge in [0.05, 0.1) is 12.5 Å². The van der Waals surface area contributed by atoms with E-state index in [4.69, 9.17) is 4.52 Å². The van der Waals surface area contributed by atoms with Crippen molar-refractivity contribution in [2.45, 2.75) is 53.1 Å². The SMILES string of the molecule is CC(C)C(NC(=O)C1CCCN(Cc2nc(-c3cccc(Br)c3)no2)C1)C(C)C. The lowest BCUT2D eigenvalue weighted by atomic mass is 9.91. The molecule has 1 atom stereocenters. The Morgan fingerprint density at radius 2 is 2.07 bits per heavy atom. The van der Waals surface area contributed by atoms with Crippen molar-refractivity contribution in [3.63, 3.8) is 0 Å². The highest BCUT2D eigenvalue weighted by Crippen LogP contribution is 2.23. The Hall–Kier alpha value is -1.73. The lowest BCUT2D eigenvalue weighted by Crippen LogP contribution is -2.48. The highest BCUT2D eigenvalue weighted by molar-refractivity contribution is 9.10. The molecule has 1 aromatic carbocycles. The fourth-order valence-electron chi connectivity index (χ4n) is 4.05. The van der Waals surface area contributed by atoms with E-state index in [1.165, 1.54) is 0 Å². The molecule has 158 valence electrons. The summed E-state index contributed by atoms with van der Waals surface area (Å²) in [5, 5.41) is 7.39. The zero-order chi connectivity index (χ0) is 21.0. The Balaban J connectivity index is 1.59. The van der Waals surface area contributed by atoms with Crippen LogP contribution in [0.1, 0.15) is 46.4 Å². The van der Waals surface area contributed by atoms with Crippen molar-refractivity contribution in [1.29, 1.82) is 0 Å². The van der Waals surface area contributed by atoms with Crippen molar-refractivity contribution in [2.24, 2.45) is 17.8 Å². The summed E-state index contributed by atoms with van der Waals surface area (Å²) in [5.74, 6) is 2.20. The van der Waals surface area contributed by atoms with E-state index in [-0.39, 0.29) is 17.9 Å². The Labute approximate surface area is 181 Å². The van der Waals surface area contributed by atoms with Crippen molar-refractivity contribution >= 4 is 21.8 Å². The number of aromatic nitrogens is 2. The number of amides is 1. The first-order valence-electron chi connectivity index (χ1n) is 10.4. The van der Waals surface area contributed by atoms with Gasteiger partial charge in [-0.15, -0.1) is 0 Å². The third kappa shape index (κ3) is 5.89. The maximum Gasteiger partial charge on any atom is 0.241 e. The molecule has 0 spiro atoms. The largest absolute Gasteiger partial charge is 0.353 e. The normalized spacial score (nSPS) is 18.0. The molecule has 1 aliphatic rings. The number of benzene rings is 1. The molecule has 0 aliphatic carbocycles. The molecule has 1 unspecified atom stereocenters. The lowest BCUT2D eigenvalue weighted by molar-refractivity contribution is -0.128. The molecule has 2 aromatic rings. The van der Waals surface area contributed by atoms with Crippen molar-refractivity contribution < 1.29 is 9.32 Å². The van der Waals surface area contributed by atoms with Crippen LogP contribution in [0.3, 0.4) is 0 Å². The monoisotopic (exact) mass is 462 g/mol. The van der Waals surface area contributed by atoms with E-state index in [2.05, 4.69) is 64.0 Å². The molecule has 0 bridgehead atoms. The molecule has 7 heteroatoms. The summed E-state index contributed by atoms with van der Waals surface area (Å²) < 4.78 is 6.45. The van der Waals surface area contributed by atoms with E-state index in [1.54, 1.807) is 0 Å². The van der Waals surface area contributed by atoms with E-state index in [1.807, 2.05) is 24.3 Å². The average Bonchev–Trinajstić information content (AvgIpc) is 3.14. The zero-order valence-electron chi connectivity index (χ0n) is 17.7. The van der Waals surface area contributed by atoms with Crippen molar-refractivity contribution in [2.75, 3.05) is 13.1 Å². The quantitative estimate of drug-likeness (QED) is 0.655. The smallest absolute Gasteiger partial charge is 0.241 e. The van der Waals surface area contributed by atoms with E-state index in [0.29, 0.717) is 30.1 Å². The summed E-state index contributed by atoms with van der Waals surface area (Å²) in [7, 11) is 0. The van der Waals surface area contributed by atoms with Crippen LogP contribution >= 0.6 is 15.9 Å². The fourth-order valence-corrected chi connectivity index (χ4v) is 4.45. The molecule has 1 aliphatic heterocycles. The number of hydrogen-bond acceptors (Lipinski definition) is 5. The van der Waals surface area contributed by atoms with Gasteiger partial charge in [0.1, 0.15) is 0 Å². The second-order valence-corrected chi connectivity index (χ2v) is 9.53. The van der Waals surface area contributed by atoms with Crippen LogP contribution in [0.4, 0.5) is 0 Å². The van der Waals surface area contributed by atoms with Crippen LogP contribution in [0, 0.1) is 17.8 Å². The molecular weight excluding hydrogens is 432 g/mol. The maximum atomic E-state index is 12.8. The highest BCUT2D eigenvalue weighted by Gasteiger charge is 2.29. The topological polar surface area (TPSA) is 71.3 Å². The highest BCUT2D eigenvalue weighted by atomic mass is 79.9. The summed E-state index contributed by atoms with van der Waals surface area (Å²) in [5.41, 5.74) is 0.915. The number of rotatable bonds is 7. The third-order valence-electron chi connectivity index (χ3n) is 5.53. The second-order valence-electron chi connectivity index (χ2n) is 8.62. The average molecular weight is 463 g/mol. The van der Waals surface area contributed by atoms with Gasteiger partial charge in [0.15, 0.2) is 0 Å². The van der Waals surface area contributed by atoms with Crippen LogP contribution in [0.15, 0.2) is 33.3 Å². The van der Waals surface area contributed by atoms with Gasteiger partial charge < -0.3 is 9.84 Å². The molecule has 2 heterocycles. The number of likely N-dealkylation sites (tertiary alicyclic amines) is 1. The Morgan fingerprint density at radius 1 is 1.31 bits per heavy atom. The zero-order valence-corrected chi connectivity index (χ0v) is 19.3. The predicted octanol–water partition coefficient (Wildman–Crippen LogP) is 4.51. The lowest BCUT2D eigenvalue weighted by Gasteiger charge is -2.33. The second kappa shape index (κ2) is 9.85. The molecule has 0 radical (unpaired) electrons. The van der Waals surface area contributed by atoms with Gasteiger partial charge in [0.2, 0.25) is 17.6 Å². The van der Waals surface area contributed by atoms with E-state index >= 15 is 0 Å². The first-order valence-corrected chi connectivity index (χ1v) is 11.2. The maximum absolute atomic E-state index is 12.8. The molecular formula is C22H31BrN4O2. The Bertz CT molecular complexity index is 813. The number of carbonyl (C=O) groups is 1. The number of hydrogen-bond donors (Lipinski definition) is 1. The molecule has 1 N–H and O–H groups in total. The molecule has 1 amide bonds. The fraction of sp³-hybridized carbons (Fsp3) is 0.591. The number of nitrogens with one attached hydrogen (secondary N) is 1. The van der Waals surface area contributed by atoms with E-state index < -0.39 is 0 Å². The summed E-state index contributed by atoms with van der Waals surface area (Å²) in [6.45, 7) is 10.9. The molecule has 3 rings (SSSR count). The molecule has 1 aromatic heterocycles. The van der Waals surface area contributed by atoms with Crippen LogP contribution in [-0.4, -0.2) is 40.1 Å². The van der Waals surface area contributed by atoms with E-state index in [9.17, 15) is 4.79 Å². The van der Waals surface area contributed by atoms with Gasteiger partial charge in [0.25, 0.3) is 0 Å². The van der Waals surface area contributed by atoms with E-state index in [0.717, 1.165) is 36.0 Å². The molecule has 29 heavy (non-hydrogen) atoms. The summed E-state index contributed by atoms with van der Waals surface area (Å²) in [4.78, 5) is 19.6. The van der Waals surface area contributed by atoms with Crippen LogP contribution in [0.2, 0.25) is 0 Å². The van der Waals surface area contributed by atoms with Crippen molar-refractivity contribution in [1.82, 2.24) is 20.4 Å². The Morgan fingerprint density at radius 3 is 2.76 bits per heavy atom. The molecule has 0 saturated carbocycles. The molecule has 1 fully saturated rings. The molecule has 1 saturated heterocycles. The molecule has 6 nitrogen and oxygen atoms in total. The van der Waals surface area contributed by atoms with Gasteiger partial charge in [-0.25, -0.2) is 0 Å². The first kappa shape index (κ1) is 22.0. The number of piperidine rings is 1. The predicted molar refractivity (Wildman–Crippen MR) is 117 cm³/mol. The first-order chi connectivity index (χ1) is 13.8. The minimum Gasteiger partial charge on any atom is -0.353 e. The van der Waals surface area contributed by atoms with Crippen LogP contribution < -0.4 is 5.32 Å². The number of nitrogens with zero attached hydrogens (tertiary/aromatic N) is 3. The number of carbonyl (C=O) groups excluding carboxylic acids is 1. The standard InChI is InChI=1S/C22H31BrN4O2/c1-14(2)20(15(3)4)25-22(28)17-8-6-10-27(12-17)13-19-24-21(26-29-19)16-7-5-9-18(23)11-16/h5,7,9,11,14-15,17,20H,6,8,10,12-13H2,1-4H3,(H,25,28). The summed E-state index contributed by atoms with van der Waals surface area (Å²) in [6, 6.07) is 8.05. The van der Waals surface area contributed by atoms with Crippen LogP contribution in [0.25, 0.3) is 11.4 Å². The number of halogens is 1. The van der Waals surface area contributed by atoms with Gasteiger partial charge >= 0.3 is 0 Å². The van der Waals surface area contributed by atoms with Crippen LogP contribution in [-0.2, 0) is 11.3 Å². The summed E-state index contributed by atoms with van der Waals surface area (Å²) >= 11 is 3.47. The van der Waals surface area contributed by atoms with Crippen LogP contribution in [0.5, 0.6) is 0 Å². The summed E-state index contributed by atoms with van der Waals surface area (Å²) in [6.07, 6.45) is 1.93. The van der Waals surface area contributed by atoms with Crippen molar-refractivity contribution in [3.05, 3.63) is 34.6 Å². The van der Waals surface area contributed by atoms with Crippen molar-refractivity contribution in [3.8, 4) is 11.4 Å². The van der Waals surface area contributed by atoms with Gasteiger partial charge in [0, 0.05) is 22.6 Å². The van der Waals surface area contributed by atoms with Gasteiger partial charge in [-0.2, -0.15) is 4.98 Å². The van der Waals surface area contributed by atoms with Gasteiger partial charge in [-0.3, -0.25) is 9.69 Å². The third-order valence-corrected chi connectivity index (χ3v) is 6.02. The van der Waals surface area contributed by atoms with Gasteiger partial charge in [-0.1, -0.05) is 60.9 Å². The van der Waals surface area contributed by atoms with Gasteiger partial charge in [-0.05, 0) is 43.4 Å².